The normalized spacial score (nSPS) is 16.9. The molecule has 0 saturated heterocycles. The molecule has 1 aliphatic rings. The van der Waals surface area contributed by atoms with E-state index in [1.165, 1.54) is 24.3 Å². The van der Waals surface area contributed by atoms with Gasteiger partial charge in [0.25, 0.3) is 5.91 Å². The van der Waals surface area contributed by atoms with Gasteiger partial charge in [-0.15, -0.1) is 0 Å². The standard InChI is InChI=1S/C41H38F2N2O6S/c42-34-26-29(27-35(43)28-34)20-22-44-40(47)41(21-25-52(48,49)37-10-5-2-6-11-37)38(32-14-12-31(13-15-32)30-8-3-1-4-9-30)51-39(45-41)33-16-18-36(19-17-33)50-24-7-23-46/h1-6,8-19,26-28,38,46H,7,20-25H2,(H,44,47)/t38-,41-/m1/s1. The highest BCUT2D eigenvalue weighted by Crippen LogP contribution is 2.43. The lowest BCUT2D eigenvalue weighted by Gasteiger charge is -2.30. The summed E-state index contributed by atoms with van der Waals surface area (Å²) in [5.41, 5.74) is 1.66. The third kappa shape index (κ3) is 8.55. The molecule has 2 N–H and O–H groups in total. The van der Waals surface area contributed by atoms with Crippen molar-refractivity contribution in [2.75, 3.05) is 25.5 Å². The highest BCUT2D eigenvalue weighted by atomic mass is 32.2. The van der Waals surface area contributed by atoms with Crippen molar-refractivity contribution >= 4 is 21.6 Å². The molecule has 0 unspecified atom stereocenters. The van der Waals surface area contributed by atoms with E-state index in [1.807, 2.05) is 54.6 Å². The minimum absolute atomic E-state index is 0.000289. The summed E-state index contributed by atoms with van der Waals surface area (Å²) >= 11 is 0. The van der Waals surface area contributed by atoms with Gasteiger partial charge in [-0.3, -0.25) is 4.79 Å². The number of amides is 1. The molecule has 0 radical (unpaired) electrons. The number of aliphatic hydroxyl groups excluding tert-OH is 1. The summed E-state index contributed by atoms with van der Waals surface area (Å²) in [4.78, 5) is 19.5. The fourth-order valence-corrected chi connectivity index (χ4v) is 7.50. The molecule has 1 heterocycles. The lowest BCUT2D eigenvalue weighted by Crippen LogP contribution is -2.49. The molecule has 5 aromatic rings. The van der Waals surface area contributed by atoms with Gasteiger partial charge in [0.15, 0.2) is 21.5 Å². The summed E-state index contributed by atoms with van der Waals surface area (Å²) in [7, 11) is -3.86. The van der Waals surface area contributed by atoms with E-state index in [4.69, 9.17) is 19.6 Å². The van der Waals surface area contributed by atoms with Gasteiger partial charge in [-0.25, -0.2) is 22.2 Å². The Morgan fingerprint density at radius 2 is 1.44 bits per heavy atom. The van der Waals surface area contributed by atoms with E-state index < -0.39 is 44.8 Å². The molecule has 0 aliphatic carbocycles. The SMILES string of the molecule is O=C(NCCc1cc(F)cc(F)c1)[C@]1(CCS(=O)(=O)c2ccccc2)N=C(c2ccc(OCCCO)cc2)O[C@@H]1c1ccc(-c2ccccc2)cc1. The fourth-order valence-electron chi connectivity index (χ4n) is 6.12. The molecule has 1 aliphatic heterocycles. The molecule has 268 valence electrons. The largest absolute Gasteiger partial charge is 0.494 e. The average Bonchev–Trinajstić information content (AvgIpc) is 3.56. The van der Waals surface area contributed by atoms with Gasteiger partial charge >= 0.3 is 0 Å². The van der Waals surface area contributed by atoms with Gasteiger partial charge < -0.3 is 19.9 Å². The second-order valence-electron chi connectivity index (χ2n) is 12.4. The molecule has 0 aromatic heterocycles. The summed E-state index contributed by atoms with van der Waals surface area (Å²) in [6.07, 6.45) is -0.683. The number of aliphatic hydroxyl groups is 1. The molecule has 6 rings (SSSR count). The van der Waals surface area contributed by atoms with Crippen LogP contribution in [0.15, 0.2) is 137 Å². The van der Waals surface area contributed by atoms with E-state index >= 15 is 0 Å². The monoisotopic (exact) mass is 724 g/mol. The summed E-state index contributed by atoms with van der Waals surface area (Å²) in [5, 5.41) is 12.0. The van der Waals surface area contributed by atoms with Crippen LogP contribution in [0.5, 0.6) is 5.75 Å². The van der Waals surface area contributed by atoms with Gasteiger partial charge in [-0.05, 0) is 77.2 Å². The highest BCUT2D eigenvalue weighted by molar-refractivity contribution is 7.91. The number of ether oxygens (including phenoxy) is 2. The number of sulfone groups is 1. The van der Waals surface area contributed by atoms with Crippen molar-refractivity contribution in [3.05, 3.63) is 156 Å². The Morgan fingerprint density at radius 3 is 2.10 bits per heavy atom. The van der Waals surface area contributed by atoms with E-state index in [2.05, 4.69) is 5.32 Å². The van der Waals surface area contributed by atoms with Gasteiger partial charge in [-0.1, -0.05) is 72.8 Å². The van der Waals surface area contributed by atoms with E-state index in [0.717, 1.165) is 17.2 Å². The lowest BCUT2D eigenvalue weighted by atomic mass is 9.84. The minimum atomic E-state index is -3.86. The van der Waals surface area contributed by atoms with Gasteiger partial charge in [0, 0.05) is 37.6 Å². The summed E-state index contributed by atoms with van der Waals surface area (Å²) in [6.45, 7) is 0.328. The van der Waals surface area contributed by atoms with Crippen LogP contribution in [0.4, 0.5) is 8.78 Å². The van der Waals surface area contributed by atoms with Crippen LogP contribution in [-0.4, -0.2) is 56.4 Å². The number of carbonyl (C=O) groups excluding carboxylic acids is 1. The fraction of sp³-hybridized carbons (Fsp3) is 0.220. The van der Waals surface area contributed by atoms with Crippen LogP contribution in [0.2, 0.25) is 0 Å². The van der Waals surface area contributed by atoms with Crippen LogP contribution in [-0.2, 0) is 25.8 Å². The van der Waals surface area contributed by atoms with E-state index in [0.29, 0.717) is 35.5 Å². The summed E-state index contributed by atoms with van der Waals surface area (Å²) in [6, 6.07) is 35.3. The Bertz CT molecular complexity index is 2090. The first-order valence-corrected chi connectivity index (χ1v) is 18.6. The maximum absolute atomic E-state index is 14.5. The van der Waals surface area contributed by atoms with Crippen LogP contribution in [0.25, 0.3) is 11.1 Å². The quantitative estimate of drug-likeness (QED) is 0.114. The smallest absolute Gasteiger partial charge is 0.252 e. The zero-order chi connectivity index (χ0) is 36.6. The predicted octanol–water partition coefficient (Wildman–Crippen LogP) is 6.87. The number of benzene rings is 5. The number of rotatable bonds is 15. The summed E-state index contributed by atoms with van der Waals surface area (Å²) < 4.78 is 67.3. The van der Waals surface area contributed by atoms with E-state index in [1.54, 1.807) is 42.5 Å². The molecule has 8 nitrogen and oxygen atoms in total. The van der Waals surface area contributed by atoms with Gasteiger partial charge in [0.2, 0.25) is 5.90 Å². The molecule has 0 fully saturated rings. The topological polar surface area (TPSA) is 114 Å². The number of hydrogen-bond acceptors (Lipinski definition) is 7. The Labute approximate surface area is 301 Å². The molecule has 0 spiro atoms. The first-order chi connectivity index (χ1) is 25.2. The van der Waals surface area contributed by atoms with Crippen molar-refractivity contribution < 1.29 is 36.6 Å². The number of halogens is 2. The lowest BCUT2D eigenvalue weighted by molar-refractivity contribution is -0.129. The Balaban J connectivity index is 1.38. The number of hydrogen-bond donors (Lipinski definition) is 2. The number of carbonyl (C=O) groups is 1. The average molecular weight is 725 g/mol. The highest BCUT2D eigenvalue weighted by Gasteiger charge is 2.53. The maximum atomic E-state index is 14.5. The maximum Gasteiger partial charge on any atom is 0.252 e. The van der Waals surface area contributed by atoms with Crippen LogP contribution < -0.4 is 10.1 Å². The first kappa shape index (κ1) is 36.4. The zero-order valence-electron chi connectivity index (χ0n) is 28.3. The van der Waals surface area contributed by atoms with Crippen molar-refractivity contribution in [1.82, 2.24) is 5.32 Å². The van der Waals surface area contributed by atoms with Gasteiger partial charge in [0.1, 0.15) is 17.4 Å². The molecule has 52 heavy (non-hydrogen) atoms. The van der Waals surface area contributed by atoms with Crippen molar-refractivity contribution in [3.63, 3.8) is 0 Å². The molecule has 0 saturated carbocycles. The van der Waals surface area contributed by atoms with Crippen LogP contribution in [0.3, 0.4) is 0 Å². The molecule has 1 amide bonds. The Kier molecular flexibility index (Phi) is 11.4. The van der Waals surface area contributed by atoms with Crippen LogP contribution in [0.1, 0.15) is 35.6 Å². The van der Waals surface area contributed by atoms with Crippen molar-refractivity contribution in [1.29, 1.82) is 0 Å². The zero-order valence-corrected chi connectivity index (χ0v) is 29.1. The van der Waals surface area contributed by atoms with E-state index in [-0.39, 0.29) is 36.8 Å². The third-order valence-corrected chi connectivity index (χ3v) is 10.6. The predicted molar refractivity (Wildman–Crippen MR) is 195 cm³/mol. The second kappa shape index (κ2) is 16.3. The van der Waals surface area contributed by atoms with Crippen LogP contribution in [0, 0.1) is 11.6 Å². The molecule has 2 atom stereocenters. The Hall–Kier alpha value is -5.39. The molecular formula is C41H38F2N2O6S. The minimum Gasteiger partial charge on any atom is -0.494 e. The molecule has 0 bridgehead atoms. The second-order valence-corrected chi connectivity index (χ2v) is 14.6. The third-order valence-electron chi connectivity index (χ3n) is 8.83. The van der Waals surface area contributed by atoms with Gasteiger partial charge in [-0.2, -0.15) is 0 Å². The van der Waals surface area contributed by atoms with Crippen molar-refractivity contribution in [2.45, 2.75) is 35.8 Å². The number of nitrogens with zero attached hydrogens (tertiary/aromatic N) is 1. The van der Waals surface area contributed by atoms with Gasteiger partial charge in [0.05, 0.1) is 17.3 Å². The molecule has 5 aromatic carbocycles. The van der Waals surface area contributed by atoms with Crippen molar-refractivity contribution in [3.8, 4) is 16.9 Å². The first-order valence-electron chi connectivity index (χ1n) is 16.9. The molecular weight excluding hydrogens is 687 g/mol. The number of aliphatic imine (C=N–C) groups is 1. The number of nitrogens with one attached hydrogen (secondary N) is 1. The Morgan fingerprint density at radius 1 is 0.827 bits per heavy atom. The van der Waals surface area contributed by atoms with Crippen LogP contribution >= 0.6 is 0 Å². The van der Waals surface area contributed by atoms with E-state index in [9.17, 15) is 22.0 Å². The molecule has 11 heteroatoms. The summed E-state index contributed by atoms with van der Waals surface area (Å²) in [5.74, 6) is -1.77. The van der Waals surface area contributed by atoms with Crippen molar-refractivity contribution in [2.24, 2.45) is 4.99 Å².